The minimum atomic E-state index is -4.36. The van der Waals surface area contributed by atoms with Crippen LogP contribution in [0.1, 0.15) is 0 Å². The highest BCUT2D eigenvalue weighted by Crippen LogP contribution is 1.98. The van der Waals surface area contributed by atoms with Crippen LogP contribution in [-0.4, -0.2) is 17.2 Å². The van der Waals surface area contributed by atoms with Crippen LogP contribution in [0.3, 0.4) is 0 Å². The molecule has 0 aromatic heterocycles. The molecule has 8 heavy (non-hydrogen) atoms. The zero-order valence-electron chi connectivity index (χ0n) is 3.24. The lowest BCUT2D eigenvalue weighted by Gasteiger charge is -1.97. The standard InChI is InChI=1S/ClHO5S2/c1-8(4,5)6-7(2)3/h(H,2,3)/p-1. The van der Waals surface area contributed by atoms with Crippen LogP contribution < -0.4 is 0 Å². The van der Waals surface area contributed by atoms with Crippen molar-refractivity contribution in [1.82, 2.24) is 0 Å². The molecule has 0 spiro atoms. The Balaban J connectivity index is 3.95. The van der Waals surface area contributed by atoms with Crippen LogP contribution in [0.4, 0.5) is 0 Å². The molecule has 1 unspecified atom stereocenters. The molecule has 0 aliphatic heterocycles. The molecule has 0 rings (SSSR count). The number of rotatable bonds is 2. The third-order valence-electron chi connectivity index (χ3n) is 0.137. The molecule has 0 amide bonds. The third kappa shape index (κ3) is 6.31. The third-order valence-corrected chi connectivity index (χ3v) is 1.69. The number of hydrogen-bond acceptors (Lipinski definition) is 5. The van der Waals surface area contributed by atoms with Gasteiger partial charge in [0.05, 0.1) is 10.7 Å². The van der Waals surface area contributed by atoms with E-state index in [1.54, 1.807) is 0 Å². The van der Waals surface area contributed by atoms with Crippen LogP contribution in [0.25, 0.3) is 0 Å². The summed E-state index contributed by atoms with van der Waals surface area (Å²) in [7, 11) is -0.0787. The summed E-state index contributed by atoms with van der Waals surface area (Å²) in [6, 6.07) is 0. The van der Waals surface area contributed by atoms with Crippen molar-refractivity contribution in [2.45, 2.75) is 0 Å². The van der Waals surface area contributed by atoms with E-state index in [1.807, 2.05) is 0 Å². The Morgan fingerprint density at radius 2 is 2.00 bits per heavy atom. The van der Waals surface area contributed by atoms with Crippen LogP contribution in [0, 0.1) is 0 Å². The number of hydrogen-bond donors (Lipinski definition) is 0. The molecule has 0 aromatic carbocycles. The van der Waals surface area contributed by atoms with E-state index in [1.165, 1.54) is 0 Å². The van der Waals surface area contributed by atoms with Crippen molar-refractivity contribution in [2.75, 3.05) is 0 Å². The molecular formula is ClO5S2-. The minimum absolute atomic E-state index is 3.09. The Kier molecular flexibility index (Phi) is 2.84. The van der Waals surface area contributed by atoms with Gasteiger partial charge in [-0.15, -0.1) is 0 Å². The first kappa shape index (κ1) is 8.31. The molecule has 0 bridgehead atoms. The van der Waals surface area contributed by atoms with Crippen molar-refractivity contribution in [3.8, 4) is 0 Å². The Morgan fingerprint density at radius 3 is 2.00 bits per heavy atom. The van der Waals surface area contributed by atoms with Gasteiger partial charge >= 0.3 is 9.33 Å². The van der Waals surface area contributed by atoms with Crippen LogP contribution in [0.5, 0.6) is 0 Å². The van der Waals surface area contributed by atoms with Crippen molar-refractivity contribution < 1.29 is 20.8 Å². The normalized spacial score (nSPS) is 15.8. The minimum Gasteiger partial charge on any atom is -0.749 e. The molecule has 0 heterocycles. The molecule has 50 valence electrons. The van der Waals surface area contributed by atoms with Gasteiger partial charge in [0.1, 0.15) is 11.4 Å². The van der Waals surface area contributed by atoms with Crippen molar-refractivity contribution in [2.24, 2.45) is 0 Å². The highest BCUT2D eigenvalue weighted by Gasteiger charge is 2.02. The fourth-order valence-corrected chi connectivity index (χ4v) is 0.975. The SMILES string of the molecule is O=S([O-])OS(=O)(=O)Cl. The van der Waals surface area contributed by atoms with Crippen molar-refractivity contribution in [3.05, 3.63) is 0 Å². The Morgan fingerprint density at radius 1 is 1.62 bits per heavy atom. The summed E-state index contributed by atoms with van der Waals surface area (Å²) in [6.45, 7) is 0. The van der Waals surface area contributed by atoms with Gasteiger partial charge in [0, 0.05) is 0 Å². The van der Waals surface area contributed by atoms with E-state index in [-0.39, 0.29) is 0 Å². The average Bonchev–Trinajstić information content (AvgIpc) is 1.21. The van der Waals surface area contributed by atoms with Crippen molar-refractivity contribution in [1.29, 1.82) is 0 Å². The van der Waals surface area contributed by atoms with Crippen LogP contribution in [0.2, 0.25) is 0 Å². The Labute approximate surface area is 52.7 Å². The summed E-state index contributed by atoms with van der Waals surface area (Å²) in [4.78, 5) is 0. The van der Waals surface area contributed by atoms with Crippen LogP contribution >= 0.6 is 10.7 Å². The summed E-state index contributed by atoms with van der Waals surface area (Å²) in [5, 5.41) is 0. The molecule has 0 radical (unpaired) electrons. The second-order valence-electron chi connectivity index (χ2n) is 0.665. The average molecular weight is 180 g/mol. The van der Waals surface area contributed by atoms with Gasteiger partial charge in [-0.05, 0) is 0 Å². The molecule has 0 aliphatic rings. The van der Waals surface area contributed by atoms with Gasteiger partial charge in [-0.3, -0.25) is 0 Å². The van der Waals surface area contributed by atoms with E-state index < -0.39 is 20.7 Å². The van der Waals surface area contributed by atoms with Gasteiger partial charge in [0.2, 0.25) is 0 Å². The number of halogens is 1. The van der Waals surface area contributed by atoms with Crippen molar-refractivity contribution >= 4 is 31.4 Å². The van der Waals surface area contributed by atoms with Gasteiger partial charge in [-0.2, -0.15) is 12.0 Å². The molecule has 8 heteroatoms. The van der Waals surface area contributed by atoms with E-state index in [4.69, 9.17) is 0 Å². The van der Waals surface area contributed by atoms with E-state index in [2.05, 4.69) is 14.3 Å². The summed E-state index contributed by atoms with van der Waals surface area (Å²) >= 11 is -3.10. The Hall–Kier alpha value is 0.310. The van der Waals surface area contributed by atoms with E-state index in [0.29, 0.717) is 0 Å². The topological polar surface area (TPSA) is 83.5 Å². The van der Waals surface area contributed by atoms with E-state index in [0.717, 1.165) is 0 Å². The molecule has 0 aromatic rings. The predicted octanol–water partition coefficient (Wildman–Crippen LogP) is -0.719. The second-order valence-corrected chi connectivity index (χ2v) is 3.54. The van der Waals surface area contributed by atoms with Crippen molar-refractivity contribution in [3.63, 3.8) is 0 Å². The van der Waals surface area contributed by atoms with Gasteiger partial charge in [-0.1, -0.05) is 0 Å². The molecule has 1 atom stereocenters. The maximum atomic E-state index is 9.59. The maximum absolute atomic E-state index is 9.59. The fourth-order valence-electron chi connectivity index (χ4n) is 0.0664. The molecule has 0 saturated heterocycles. The maximum Gasteiger partial charge on any atom is 0.367 e. The lowest BCUT2D eigenvalue weighted by atomic mass is 15.8. The van der Waals surface area contributed by atoms with Crippen LogP contribution in [-0.2, 0) is 24.3 Å². The molecule has 0 fully saturated rings. The zero-order chi connectivity index (χ0) is 6.78. The summed E-state index contributed by atoms with van der Waals surface area (Å²) < 4.78 is 40.9. The molecule has 0 aliphatic carbocycles. The first-order valence-corrected chi connectivity index (χ1v) is 4.39. The predicted molar refractivity (Wildman–Crippen MR) is 24.8 cm³/mol. The fraction of sp³-hybridized carbons (Fsp3) is 0. The quantitative estimate of drug-likeness (QED) is 0.413. The van der Waals surface area contributed by atoms with Crippen LogP contribution in [0.15, 0.2) is 0 Å². The highest BCUT2D eigenvalue weighted by atomic mass is 35.7. The van der Waals surface area contributed by atoms with Gasteiger partial charge in [0.25, 0.3) is 0 Å². The van der Waals surface area contributed by atoms with Gasteiger partial charge in [-0.25, -0.2) is 4.21 Å². The largest absolute Gasteiger partial charge is 0.749 e. The van der Waals surface area contributed by atoms with E-state index in [9.17, 15) is 17.2 Å². The smallest absolute Gasteiger partial charge is 0.367 e. The van der Waals surface area contributed by atoms with Gasteiger partial charge in [0.15, 0.2) is 0 Å². The summed E-state index contributed by atoms with van der Waals surface area (Å²) in [5.74, 6) is 0. The molecular weight excluding hydrogens is 180 g/mol. The van der Waals surface area contributed by atoms with E-state index >= 15 is 0 Å². The first-order chi connectivity index (χ1) is 3.42. The molecule has 5 nitrogen and oxygen atoms in total. The lowest BCUT2D eigenvalue weighted by Crippen LogP contribution is -1.99. The second kappa shape index (κ2) is 2.74. The summed E-state index contributed by atoms with van der Waals surface area (Å²) in [5.41, 5.74) is 0. The summed E-state index contributed by atoms with van der Waals surface area (Å²) in [6.07, 6.45) is 0. The molecule has 0 saturated carbocycles. The Bertz CT molecular complexity index is 177. The zero-order valence-corrected chi connectivity index (χ0v) is 5.62. The molecule has 0 N–H and O–H groups in total. The van der Waals surface area contributed by atoms with Gasteiger partial charge < -0.3 is 4.55 Å². The first-order valence-electron chi connectivity index (χ1n) is 1.15. The highest BCUT2D eigenvalue weighted by molar-refractivity contribution is 8.13. The lowest BCUT2D eigenvalue weighted by molar-refractivity contribution is 0.437. The monoisotopic (exact) mass is 179 g/mol.